The summed E-state index contributed by atoms with van der Waals surface area (Å²) in [6.07, 6.45) is 2.08. The van der Waals surface area contributed by atoms with Crippen molar-refractivity contribution in [1.82, 2.24) is 40.3 Å². The van der Waals surface area contributed by atoms with E-state index in [1.807, 2.05) is 12.1 Å². The van der Waals surface area contributed by atoms with Gasteiger partial charge < -0.3 is 29.4 Å². The fraction of sp³-hybridized carbons (Fsp3) is 0.500. The molecule has 2 aliphatic rings. The van der Waals surface area contributed by atoms with Crippen molar-refractivity contribution >= 4 is 11.9 Å². The molecule has 2 aliphatic heterocycles. The lowest BCUT2D eigenvalue weighted by Gasteiger charge is -2.26. The Kier molecular flexibility index (Phi) is 6.36. The average Bonchev–Trinajstić information content (AvgIpc) is 3.60. The SMILES string of the molecule is CC(C)(CC(=O)[O-])CC(=O)N[C@H]1CO[C@H]2[C@@H]1OC[C@@H]2n1nnnc1Oc1ccc(-n2cncn2)cc1. The summed E-state index contributed by atoms with van der Waals surface area (Å²) in [5.74, 6) is -0.935. The number of tetrazole rings is 1. The molecule has 0 bridgehead atoms. The van der Waals surface area contributed by atoms with Crippen molar-refractivity contribution in [3.8, 4) is 17.4 Å². The Morgan fingerprint density at radius 1 is 1.17 bits per heavy atom. The van der Waals surface area contributed by atoms with Crippen LogP contribution in [0.15, 0.2) is 36.9 Å². The maximum atomic E-state index is 12.5. The smallest absolute Gasteiger partial charge is 0.341 e. The van der Waals surface area contributed by atoms with Gasteiger partial charge in [0.2, 0.25) is 5.91 Å². The van der Waals surface area contributed by atoms with Gasteiger partial charge in [-0.2, -0.15) is 9.78 Å². The van der Waals surface area contributed by atoms with E-state index >= 15 is 0 Å². The minimum absolute atomic E-state index is 0.0407. The van der Waals surface area contributed by atoms with Gasteiger partial charge in [-0.15, -0.1) is 0 Å². The molecule has 0 spiro atoms. The van der Waals surface area contributed by atoms with Crippen molar-refractivity contribution in [2.45, 2.75) is 51.0 Å². The number of benzene rings is 1. The molecule has 1 aromatic carbocycles. The number of amides is 1. The predicted molar refractivity (Wildman–Crippen MR) is 118 cm³/mol. The van der Waals surface area contributed by atoms with Crippen LogP contribution in [-0.4, -0.2) is 78.3 Å². The second kappa shape index (κ2) is 9.62. The molecular formula is C22H25N8O6-. The molecular weight excluding hydrogens is 472 g/mol. The lowest BCUT2D eigenvalue weighted by atomic mass is 9.85. The van der Waals surface area contributed by atoms with Gasteiger partial charge in [0.25, 0.3) is 0 Å². The number of nitrogens with zero attached hydrogens (tertiary/aromatic N) is 7. The summed E-state index contributed by atoms with van der Waals surface area (Å²) in [6, 6.07) is 6.64. The quantitative estimate of drug-likeness (QED) is 0.401. The zero-order valence-electron chi connectivity index (χ0n) is 19.7. The number of aliphatic carboxylic acids is 1. The summed E-state index contributed by atoms with van der Waals surface area (Å²) in [7, 11) is 0. The lowest BCUT2D eigenvalue weighted by Crippen LogP contribution is -2.45. The van der Waals surface area contributed by atoms with Gasteiger partial charge >= 0.3 is 6.01 Å². The third kappa shape index (κ3) is 5.04. The third-order valence-corrected chi connectivity index (χ3v) is 6.14. The first-order valence-corrected chi connectivity index (χ1v) is 11.4. The second-order valence-electron chi connectivity index (χ2n) is 9.57. The van der Waals surface area contributed by atoms with Gasteiger partial charge in [-0.05, 0) is 46.5 Å². The van der Waals surface area contributed by atoms with Crippen molar-refractivity contribution < 1.29 is 28.9 Å². The van der Waals surface area contributed by atoms with E-state index < -0.39 is 23.6 Å². The van der Waals surface area contributed by atoms with Gasteiger partial charge in [-0.1, -0.05) is 18.9 Å². The summed E-state index contributed by atoms with van der Waals surface area (Å²) in [5, 5.41) is 29.7. The average molecular weight is 497 g/mol. The monoisotopic (exact) mass is 497 g/mol. The molecule has 36 heavy (non-hydrogen) atoms. The Labute approximate surface area is 205 Å². The van der Waals surface area contributed by atoms with Crippen LogP contribution in [0.4, 0.5) is 0 Å². The molecule has 2 fully saturated rings. The summed E-state index contributed by atoms with van der Waals surface area (Å²) in [5.41, 5.74) is 0.0920. The number of fused-ring (bicyclic) bond motifs is 1. The molecule has 2 saturated heterocycles. The van der Waals surface area contributed by atoms with Crippen LogP contribution in [-0.2, 0) is 19.1 Å². The molecule has 1 amide bonds. The van der Waals surface area contributed by atoms with Crippen molar-refractivity contribution in [1.29, 1.82) is 0 Å². The zero-order valence-corrected chi connectivity index (χ0v) is 19.7. The summed E-state index contributed by atoms with van der Waals surface area (Å²) < 4.78 is 21.0. The van der Waals surface area contributed by atoms with Crippen LogP contribution in [0.5, 0.6) is 11.8 Å². The summed E-state index contributed by atoms with van der Waals surface area (Å²) in [4.78, 5) is 27.4. The maximum Gasteiger partial charge on any atom is 0.341 e. The molecule has 4 heterocycles. The normalized spacial score (nSPS) is 23.4. The van der Waals surface area contributed by atoms with Gasteiger partial charge in [0.05, 0.1) is 24.9 Å². The molecule has 4 atom stereocenters. The number of hydrogen-bond acceptors (Lipinski definition) is 11. The molecule has 0 saturated carbocycles. The summed E-state index contributed by atoms with van der Waals surface area (Å²) >= 11 is 0. The molecule has 14 heteroatoms. The standard InChI is InChI=1S/C22H26N8O6/c1-22(2,8-18(32)33)7-17(31)25-15-9-34-20-16(10-35-19(15)20)30-21(26-27-28-30)36-14-5-3-13(4-6-14)29-12-23-11-24-29/h3-6,11-12,15-16,19-20H,7-10H2,1-2H3,(H,25,31)(H,32,33)/p-1/t15-,16-,19+,20+/m0/s1. The van der Waals surface area contributed by atoms with Crippen molar-refractivity contribution in [2.24, 2.45) is 5.41 Å². The van der Waals surface area contributed by atoms with E-state index in [9.17, 15) is 14.7 Å². The van der Waals surface area contributed by atoms with Crippen LogP contribution in [0.1, 0.15) is 32.7 Å². The number of carbonyl (C=O) groups excluding carboxylic acids is 2. The number of nitrogens with one attached hydrogen (secondary N) is 1. The fourth-order valence-corrected chi connectivity index (χ4v) is 4.53. The van der Waals surface area contributed by atoms with Crippen LogP contribution in [0.25, 0.3) is 5.69 Å². The van der Waals surface area contributed by atoms with Crippen molar-refractivity contribution in [3.63, 3.8) is 0 Å². The number of carbonyl (C=O) groups is 2. The van der Waals surface area contributed by atoms with E-state index in [4.69, 9.17) is 14.2 Å². The molecule has 1 N–H and O–H groups in total. The van der Waals surface area contributed by atoms with Crippen molar-refractivity contribution in [3.05, 3.63) is 36.9 Å². The summed E-state index contributed by atoms with van der Waals surface area (Å²) in [6.45, 7) is 3.94. The number of rotatable bonds is 9. The Morgan fingerprint density at radius 2 is 1.94 bits per heavy atom. The number of carboxylic acid groups (broad SMARTS) is 1. The van der Waals surface area contributed by atoms with Gasteiger partial charge in [-0.3, -0.25) is 4.79 Å². The predicted octanol–water partition coefficient (Wildman–Crippen LogP) is -0.574. The second-order valence-corrected chi connectivity index (χ2v) is 9.57. The lowest BCUT2D eigenvalue weighted by molar-refractivity contribution is -0.307. The highest BCUT2D eigenvalue weighted by atomic mass is 16.6. The molecule has 0 unspecified atom stereocenters. The topological polar surface area (TPSA) is 171 Å². The minimum atomic E-state index is -1.19. The highest BCUT2D eigenvalue weighted by Gasteiger charge is 2.50. The Morgan fingerprint density at radius 3 is 2.67 bits per heavy atom. The van der Waals surface area contributed by atoms with Crippen LogP contribution >= 0.6 is 0 Å². The minimum Gasteiger partial charge on any atom is -0.550 e. The highest BCUT2D eigenvalue weighted by Crippen LogP contribution is 2.36. The molecule has 3 aromatic rings. The number of carboxylic acids is 1. The molecule has 2 aromatic heterocycles. The highest BCUT2D eigenvalue weighted by molar-refractivity contribution is 5.78. The molecule has 14 nitrogen and oxygen atoms in total. The molecule has 0 aliphatic carbocycles. The van der Waals surface area contributed by atoms with Crippen LogP contribution < -0.4 is 15.2 Å². The van der Waals surface area contributed by atoms with E-state index in [0.29, 0.717) is 5.75 Å². The van der Waals surface area contributed by atoms with E-state index in [1.165, 1.54) is 11.0 Å². The Hall–Kier alpha value is -3.91. The first-order chi connectivity index (χ1) is 17.3. The Bertz CT molecular complexity index is 1210. The van der Waals surface area contributed by atoms with E-state index in [-0.39, 0.29) is 50.1 Å². The third-order valence-electron chi connectivity index (χ3n) is 6.14. The largest absolute Gasteiger partial charge is 0.550 e. The van der Waals surface area contributed by atoms with E-state index in [0.717, 1.165) is 5.69 Å². The molecule has 190 valence electrons. The Balaban J connectivity index is 1.21. The van der Waals surface area contributed by atoms with Gasteiger partial charge in [0.1, 0.15) is 36.7 Å². The van der Waals surface area contributed by atoms with Crippen LogP contribution in [0.2, 0.25) is 0 Å². The first kappa shape index (κ1) is 23.8. The number of aromatic nitrogens is 7. The van der Waals surface area contributed by atoms with Crippen LogP contribution in [0, 0.1) is 5.41 Å². The van der Waals surface area contributed by atoms with Gasteiger partial charge in [-0.25, -0.2) is 9.67 Å². The van der Waals surface area contributed by atoms with E-state index in [2.05, 4.69) is 30.9 Å². The fourth-order valence-electron chi connectivity index (χ4n) is 4.53. The number of hydrogen-bond donors (Lipinski definition) is 1. The molecule has 0 radical (unpaired) electrons. The zero-order chi connectivity index (χ0) is 25.3. The molecule has 5 rings (SSSR count). The number of ether oxygens (including phenoxy) is 3. The first-order valence-electron chi connectivity index (χ1n) is 11.4. The van der Waals surface area contributed by atoms with Gasteiger partial charge in [0.15, 0.2) is 0 Å². The van der Waals surface area contributed by atoms with Crippen LogP contribution in [0.3, 0.4) is 0 Å². The maximum absolute atomic E-state index is 12.5. The van der Waals surface area contributed by atoms with E-state index in [1.54, 1.807) is 37.0 Å². The van der Waals surface area contributed by atoms with Gasteiger partial charge in [0, 0.05) is 12.4 Å². The van der Waals surface area contributed by atoms with Crippen molar-refractivity contribution in [2.75, 3.05) is 13.2 Å².